The minimum atomic E-state index is 0.397. The minimum absolute atomic E-state index is 0.397. The first kappa shape index (κ1) is 12.8. The summed E-state index contributed by atoms with van der Waals surface area (Å²) in [6.45, 7) is 2.06. The van der Waals surface area contributed by atoms with E-state index in [1.54, 1.807) is 0 Å². The summed E-state index contributed by atoms with van der Waals surface area (Å²) >= 11 is 7.98. The summed E-state index contributed by atoms with van der Waals surface area (Å²) in [6.07, 6.45) is 3.63. The van der Waals surface area contributed by atoms with Crippen molar-refractivity contribution in [3.8, 4) is 0 Å². The topological polar surface area (TPSA) is 38.0 Å². The maximum atomic E-state index is 6.12. The number of hydrogen-bond acceptors (Lipinski definition) is 3. The molecule has 0 saturated heterocycles. The molecule has 0 bridgehead atoms. The number of hydrogen-bond donors (Lipinski definition) is 2. The summed E-state index contributed by atoms with van der Waals surface area (Å²) in [6, 6.07) is 6.51. The lowest BCUT2D eigenvalue weighted by Gasteiger charge is -2.25. The predicted molar refractivity (Wildman–Crippen MR) is 84.2 cm³/mol. The largest absolute Gasteiger partial charge is 0.398 e. The third kappa shape index (κ3) is 2.45. The number of nitrogen functional groups attached to an aromatic ring is 1. The van der Waals surface area contributed by atoms with E-state index in [4.69, 9.17) is 17.3 Å². The molecule has 0 spiro atoms. The predicted octanol–water partition coefficient (Wildman–Crippen LogP) is 4.78. The Hall–Kier alpha value is -1.19. The molecule has 0 aliphatic heterocycles. The molecule has 2 nitrogen and oxygen atoms in total. The quantitative estimate of drug-likeness (QED) is 0.782. The molecule has 1 unspecified atom stereocenters. The van der Waals surface area contributed by atoms with Crippen LogP contribution in [0.5, 0.6) is 0 Å². The van der Waals surface area contributed by atoms with Crippen LogP contribution in [0.25, 0.3) is 0 Å². The lowest BCUT2D eigenvalue weighted by Crippen LogP contribution is -2.16. The Morgan fingerprint density at radius 3 is 3.11 bits per heavy atom. The number of thiophene rings is 1. The van der Waals surface area contributed by atoms with Gasteiger partial charge in [-0.05, 0) is 60.9 Å². The van der Waals surface area contributed by atoms with E-state index >= 15 is 0 Å². The van der Waals surface area contributed by atoms with Crippen molar-refractivity contribution in [3.63, 3.8) is 0 Å². The molecule has 0 amide bonds. The third-order valence-corrected chi connectivity index (χ3v) is 5.05. The summed E-state index contributed by atoms with van der Waals surface area (Å²) in [5, 5.41) is 6.43. The highest BCUT2D eigenvalue weighted by molar-refractivity contribution is 7.10. The van der Waals surface area contributed by atoms with E-state index in [1.165, 1.54) is 29.7 Å². The van der Waals surface area contributed by atoms with E-state index in [0.29, 0.717) is 16.8 Å². The van der Waals surface area contributed by atoms with Crippen LogP contribution in [-0.2, 0) is 6.42 Å². The van der Waals surface area contributed by atoms with Gasteiger partial charge in [-0.2, -0.15) is 0 Å². The molecular weight excluding hydrogens is 276 g/mol. The molecule has 4 heteroatoms. The zero-order valence-electron chi connectivity index (χ0n) is 10.9. The number of anilines is 2. The van der Waals surface area contributed by atoms with Crippen molar-refractivity contribution >= 4 is 34.3 Å². The number of halogens is 1. The van der Waals surface area contributed by atoms with E-state index in [2.05, 4.69) is 23.7 Å². The van der Waals surface area contributed by atoms with Crippen molar-refractivity contribution in [2.75, 3.05) is 11.1 Å². The molecule has 100 valence electrons. The van der Waals surface area contributed by atoms with Crippen molar-refractivity contribution < 1.29 is 0 Å². The van der Waals surface area contributed by atoms with Crippen LogP contribution in [0.3, 0.4) is 0 Å². The van der Waals surface area contributed by atoms with Gasteiger partial charge in [0.25, 0.3) is 0 Å². The Labute approximate surface area is 122 Å². The highest BCUT2D eigenvalue weighted by Gasteiger charge is 2.21. The second kappa shape index (κ2) is 5.06. The summed E-state index contributed by atoms with van der Waals surface area (Å²) in [5.74, 6) is 0. The molecule has 1 heterocycles. The molecule has 1 aliphatic carbocycles. The second-order valence-electron chi connectivity index (χ2n) is 5.08. The molecule has 0 fully saturated rings. The van der Waals surface area contributed by atoms with Gasteiger partial charge in [-0.1, -0.05) is 11.6 Å². The molecule has 1 atom stereocenters. The molecule has 1 aromatic heterocycles. The highest BCUT2D eigenvalue weighted by Crippen LogP contribution is 2.37. The van der Waals surface area contributed by atoms with Crippen LogP contribution in [0, 0.1) is 6.92 Å². The van der Waals surface area contributed by atoms with E-state index in [0.717, 1.165) is 11.3 Å². The highest BCUT2D eigenvalue weighted by atomic mass is 35.5. The van der Waals surface area contributed by atoms with Gasteiger partial charge in [-0.25, -0.2) is 0 Å². The van der Waals surface area contributed by atoms with Crippen molar-refractivity contribution in [1.82, 2.24) is 0 Å². The van der Waals surface area contributed by atoms with Crippen molar-refractivity contribution in [2.45, 2.75) is 32.2 Å². The van der Waals surface area contributed by atoms with Crippen LogP contribution in [0.1, 0.15) is 34.9 Å². The van der Waals surface area contributed by atoms with E-state index in [9.17, 15) is 0 Å². The Bertz CT molecular complexity index is 606. The SMILES string of the molecule is Cc1cc(N)c(Cl)cc1NC1CCCc2sccc21. The monoisotopic (exact) mass is 292 g/mol. The number of nitrogens with two attached hydrogens (primary N) is 1. The number of benzene rings is 1. The molecule has 1 aromatic carbocycles. The molecule has 0 radical (unpaired) electrons. The first-order valence-corrected chi connectivity index (χ1v) is 7.79. The molecule has 0 saturated carbocycles. The Balaban J connectivity index is 1.89. The number of nitrogens with one attached hydrogen (secondary N) is 1. The van der Waals surface area contributed by atoms with Crippen molar-refractivity contribution in [2.24, 2.45) is 0 Å². The van der Waals surface area contributed by atoms with Crippen LogP contribution in [-0.4, -0.2) is 0 Å². The van der Waals surface area contributed by atoms with Gasteiger partial charge in [-0.3, -0.25) is 0 Å². The average Bonchev–Trinajstić information content (AvgIpc) is 2.85. The lowest BCUT2D eigenvalue weighted by atomic mass is 9.93. The molecule has 2 aromatic rings. The molecule has 3 N–H and O–H groups in total. The van der Waals surface area contributed by atoms with Crippen molar-refractivity contribution in [3.05, 3.63) is 44.6 Å². The van der Waals surface area contributed by atoms with Crippen LogP contribution in [0.2, 0.25) is 5.02 Å². The van der Waals surface area contributed by atoms with E-state index in [1.807, 2.05) is 23.5 Å². The number of fused-ring (bicyclic) bond motifs is 1. The Morgan fingerprint density at radius 1 is 1.42 bits per heavy atom. The minimum Gasteiger partial charge on any atom is -0.398 e. The summed E-state index contributed by atoms with van der Waals surface area (Å²) in [7, 11) is 0. The van der Waals surface area contributed by atoms with Gasteiger partial charge in [0.2, 0.25) is 0 Å². The lowest BCUT2D eigenvalue weighted by molar-refractivity contribution is 0.608. The Morgan fingerprint density at radius 2 is 2.26 bits per heavy atom. The maximum absolute atomic E-state index is 6.12. The number of rotatable bonds is 2. The zero-order valence-corrected chi connectivity index (χ0v) is 12.4. The van der Waals surface area contributed by atoms with Gasteiger partial charge in [0.15, 0.2) is 0 Å². The molecule has 1 aliphatic rings. The first-order chi connectivity index (χ1) is 9.15. The van der Waals surface area contributed by atoms with E-state index < -0.39 is 0 Å². The summed E-state index contributed by atoms with van der Waals surface area (Å²) < 4.78 is 0. The molecule has 19 heavy (non-hydrogen) atoms. The smallest absolute Gasteiger partial charge is 0.0656 e. The first-order valence-electron chi connectivity index (χ1n) is 6.53. The van der Waals surface area contributed by atoms with Gasteiger partial charge in [0, 0.05) is 10.6 Å². The van der Waals surface area contributed by atoms with Crippen LogP contribution in [0.4, 0.5) is 11.4 Å². The fourth-order valence-corrected chi connectivity index (χ4v) is 3.83. The third-order valence-electron chi connectivity index (χ3n) is 3.73. The fraction of sp³-hybridized carbons (Fsp3) is 0.333. The maximum Gasteiger partial charge on any atom is 0.0656 e. The van der Waals surface area contributed by atoms with Crippen LogP contribution >= 0.6 is 22.9 Å². The van der Waals surface area contributed by atoms with Gasteiger partial charge in [0.1, 0.15) is 0 Å². The van der Waals surface area contributed by atoms with Gasteiger partial charge in [-0.15, -0.1) is 11.3 Å². The molecular formula is C15H17ClN2S. The second-order valence-corrected chi connectivity index (χ2v) is 6.48. The van der Waals surface area contributed by atoms with Gasteiger partial charge in [0.05, 0.1) is 16.8 Å². The summed E-state index contributed by atoms with van der Waals surface area (Å²) in [5.41, 5.74) is 10.1. The van der Waals surface area contributed by atoms with E-state index in [-0.39, 0.29) is 0 Å². The van der Waals surface area contributed by atoms with Gasteiger partial charge >= 0.3 is 0 Å². The zero-order chi connectivity index (χ0) is 13.4. The normalized spacial score (nSPS) is 18.1. The van der Waals surface area contributed by atoms with Gasteiger partial charge < -0.3 is 11.1 Å². The van der Waals surface area contributed by atoms with Crippen LogP contribution in [0.15, 0.2) is 23.6 Å². The number of aryl methyl sites for hydroxylation is 2. The molecule has 3 rings (SSSR count). The average molecular weight is 293 g/mol. The summed E-state index contributed by atoms with van der Waals surface area (Å²) in [4.78, 5) is 1.52. The standard InChI is InChI=1S/C15H17ClN2S/c1-9-7-12(17)11(16)8-14(9)18-13-3-2-4-15-10(13)5-6-19-15/h5-8,13,18H,2-4,17H2,1H3. The fourth-order valence-electron chi connectivity index (χ4n) is 2.68. The van der Waals surface area contributed by atoms with Crippen LogP contribution < -0.4 is 11.1 Å². The van der Waals surface area contributed by atoms with Crippen molar-refractivity contribution in [1.29, 1.82) is 0 Å². The Kier molecular flexibility index (Phi) is 3.42.